The second-order valence-corrected chi connectivity index (χ2v) is 6.09. The Balaban J connectivity index is 1.90. The first-order valence-corrected chi connectivity index (χ1v) is 7.68. The molecule has 0 aromatic heterocycles. The van der Waals surface area contributed by atoms with Crippen LogP contribution in [0.4, 0.5) is 0 Å². The molecule has 1 aliphatic carbocycles. The van der Waals surface area contributed by atoms with Crippen LogP contribution in [0.15, 0.2) is 24.3 Å². The van der Waals surface area contributed by atoms with E-state index in [-0.39, 0.29) is 5.91 Å². The summed E-state index contributed by atoms with van der Waals surface area (Å²) in [5, 5.41) is 3.89. The third-order valence-electron chi connectivity index (χ3n) is 3.86. The molecule has 0 atom stereocenters. The molecule has 1 N–H and O–H groups in total. The highest BCUT2D eigenvalue weighted by molar-refractivity contribution is 9.08. The summed E-state index contributed by atoms with van der Waals surface area (Å²) in [4.78, 5) is 12.0. The van der Waals surface area contributed by atoms with Gasteiger partial charge in [-0.05, 0) is 36.0 Å². The summed E-state index contributed by atoms with van der Waals surface area (Å²) in [5.41, 5.74) is 2.25. The number of nitrogens with one attached hydrogen (secondary N) is 1. The van der Waals surface area contributed by atoms with E-state index in [9.17, 15) is 4.79 Å². The average Bonchev–Trinajstić information content (AvgIpc) is 2.83. The SMILES string of the molecule is CC1(CNC(=O)c2ccc(CBr)cc2)CCCC1. The summed E-state index contributed by atoms with van der Waals surface area (Å²) in [5.74, 6) is 0.0456. The second kappa shape index (κ2) is 5.87. The van der Waals surface area contributed by atoms with Crippen molar-refractivity contribution < 1.29 is 4.79 Å². The second-order valence-electron chi connectivity index (χ2n) is 5.53. The van der Waals surface area contributed by atoms with Gasteiger partial charge < -0.3 is 5.32 Å². The van der Waals surface area contributed by atoms with Gasteiger partial charge in [-0.2, -0.15) is 0 Å². The largest absolute Gasteiger partial charge is 0.351 e. The van der Waals surface area contributed by atoms with E-state index in [4.69, 9.17) is 0 Å². The zero-order valence-electron chi connectivity index (χ0n) is 10.8. The van der Waals surface area contributed by atoms with Gasteiger partial charge in [-0.25, -0.2) is 0 Å². The van der Waals surface area contributed by atoms with Gasteiger partial charge in [0, 0.05) is 17.4 Å². The summed E-state index contributed by atoms with van der Waals surface area (Å²) in [6.07, 6.45) is 5.06. The normalized spacial score (nSPS) is 17.7. The lowest BCUT2D eigenvalue weighted by molar-refractivity contribution is 0.0934. The Hall–Kier alpha value is -0.830. The molecule has 1 fully saturated rings. The average molecular weight is 310 g/mol. The Kier molecular flexibility index (Phi) is 4.44. The van der Waals surface area contributed by atoms with Crippen molar-refractivity contribution in [3.8, 4) is 0 Å². The minimum Gasteiger partial charge on any atom is -0.351 e. The molecule has 1 aromatic carbocycles. The fourth-order valence-electron chi connectivity index (χ4n) is 2.55. The molecule has 0 aliphatic heterocycles. The van der Waals surface area contributed by atoms with E-state index in [2.05, 4.69) is 28.2 Å². The Morgan fingerprint density at radius 3 is 2.44 bits per heavy atom. The van der Waals surface area contributed by atoms with Gasteiger partial charge in [0.1, 0.15) is 0 Å². The van der Waals surface area contributed by atoms with E-state index in [1.54, 1.807) is 0 Å². The fourth-order valence-corrected chi connectivity index (χ4v) is 2.92. The minimum atomic E-state index is 0.0456. The van der Waals surface area contributed by atoms with Crippen molar-refractivity contribution in [3.63, 3.8) is 0 Å². The molecule has 98 valence electrons. The van der Waals surface area contributed by atoms with E-state index in [1.807, 2.05) is 24.3 Å². The molecule has 18 heavy (non-hydrogen) atoms. The fraction of sp³-hybridized carbons (Fsp3) is 0.533. The summed E-state index contributed by atoms with van der Waals surface area (Å²) < 4.78 is 0. The first kappa shape index (κ1) is 13.6. The molecule has 0 spiro atoms. The molecule has 1 aromatic rings. The Labute approximate surface area is 117 Å². The van der Waals surface area contributed by atoms with Crippen LogP contribution in [0.25, 0.3) is 0 Å². The van der Waals surface area contributed by atoms with Gasteiger partial charge >= 0.3 is 0 Å². The Morgan fingerprint density at radius 2 is 1.89 bits per heavy atom. The molecule has 1 amide bonds. The summed E-state index contributed by atoms with van der Waals surface area (Å²) in [6, 6.07) is 7.76. The molecular formula is C15H20BrNO. The third kappa shape index (κ3) is 3.35. The topological polar surface area (TPSA) is 29.1 Å². The Bertz CT molecular complexity index is 407. The smallest absolute Gasteiger partial charge is 0.251 e. The highest BCUT2D eigenvalue weighted by atomic mass is 79.9. The maximum Gasteiger partial charge on any atom is 0.251 e. The number of carbonyl (C=O) groups is 1. The number of amides is 1. The van der Waals surface area contributed by atoms with Crippen LogP contribution in [0.3, 0.4) is 0 Å². The van der Waals surface area contributed by atoms with Gasteiger partial charge in [0.2, 0.25) is 0 Å². The predicted octanol–water partition coefficient (Wildman–Crippen LogP) is 3.89. The highest BCUT2D eigenvalue weighted by Gasteiger charge is 2.28. The molecule has 0 saturated heterocycles. The molecule has 3 heteroatoms. The monoisotopic (exact) mass is 309 g/mol. The van der Waals surface area contributed by atoms with Crippen LogP contribution in [0.5, 0.6) is 0 Å². The minimum absolute atomic E-state index is 0.0456. The molecule has 0 unspecified atom stereocenters. The van der Waals surface area contributed by atoms with Crippen LogP contribution < -0.4 is 5.32 Å². The molecule has 0 bridgehead atoms. The van der Waals surface area contributed by atoms with Gasteiger partial charge in [-0.3, -0.25) is 4.79 Å². The molecule has 2 rings (SSSR count). The maximum atomic E-state index is 12.0. The molecule has 0 heterocycles. The van der Waals surface area contributed by atoms with Gasteiger partial charge in [-0.15, -0.1) is 0 Å². The van der Waals surface area contributed by atoms with Crippen LogP contribution >= 0.6 is 15.9 Å². The lowest BCUT2D eigenvalue weighted by atomic mass is 9.89. The van der Waals surface area contributed by atoms with Crippen molar-refractivity contribution >= 4 is 21.8 Å². The van der Waals surface area contributed by atoms with Crippen molar-refractivity contribution in [2.45, 2.75) is 37.9 Å². The number of rotatable bonds is 4. The van der Waals surface area contributed by atoms with Crippen LogP contribution in [-0.2, 0) is 5.33 Å². The molecule has 1 saturated carbocycles. The van der Waals surface area contributed by atoms with Crippen molar-refractivity contribution in [1.29, 1.82) is 0 Å². The van der Waals surface area contributed by atoms with E-state index in [0.29, 0.717) is 5.41 Å². The summed E-state index contributed by atoms with van der Waals surface area (Å²) >= 11 is 3.40. The van der Waals surface area contributed by atoms with Crippen LogP contribution in [0, 0.1) is 5.41 Å². The maximum absolute atomic E-state index is 12.0. The van der Waals surface area contributed by atoms with Gasteiger partial charge in [0.05, 0.1) is 0 Å². The van der Waals surface area contributed by atoms with Crippen LogP contribution in [-0.4, -0.2) is 12.5 Å². The zero-order chi connectivity index (χ0) is 13.0. The molecular weight excluding hydrogens is 290 g/mol. The summed E-state index contributed by atoms with van der Waals surface area (Å²) in [6.45, 7) is 3.07. The van der Waals surface area contributed by atoms with Crippen molar-refractivity contribution in [2.24, 2.45) is 5.41 Å². The van der Waals surface area contributed by atoms with Crippen molar-refractivity contribution in [1.82, 2.24) is 5.32 Å². The number of hydrogen-bond acceptors (Lipinski definition) is 1. The van der Waals surface area contributed by atoms with E-state index in [0.717, 1.165) is 17.4 Å². The van der Waals surface area contributed by atoms with E-state index in [1.165, 1.54) is 31.2 Å². The Morgan fingerprint density at radius 1 is 1.28 bits per heavy atom. The number of alkyl halides is 1. The van der Waals surface area contributed by atoms with E-state index >= 15 is 0 Å². The first-order chi connectivity index (χ1) is 8.63. The standard InChI is InChI=1S/C15H20BrNO/c1-15(8-2-3-9-15)11-17-14(18)13-6-4-12(10-16)5-7-13/h4-7H,2-3,8-11H2,1H3,(H,17,18). The lowest BCUT2D eigenvalue weighted by Gasteiger charge is -2.23. The summed E-state index contributed by atoms with van der Waals surface area (Å²) in [7, 11) is 0. The lowest BCUT2D eigenvalue weighted by Crippen LogP contribution is -2.34. The number of carbonyl (C=O) groups excluding carboxylic acids is 1. The first-order valence-electron chi connectivity index (χ1n) is 6.56. The zero-order valence-corrected chi connectivity index (χ0v) is 12.4. The quantitative estimate of drug-likeness (QED) is 0.840. The van der Waals surface area contributed by atoms with Crippen molar-refractivity contribution in [3.05, 3.63) is 35.4 Å². The van der Waals surface area contributed by atoms with Crippen LogP contribution in [0.2, 0.25) is 0 Å². The molecule has 0 radical (unpaired) electrons. The van der Waals surface area contributed by atoms with Gasteiger partial charge in [-0.1, -0.05) is 47.8 Å². The van der Waals surface area contributed by atoms with Gasteiger partial charge in [0.15, 0.2) is 0 Å². The number of hydrogen-bond donors (Lipinski definition) is 1. The highest BCUT2D eigenvalue weighted by Crippen LogP contribution is 2.36. The third-order valence-corrected chi connectivity index (χ3v) is 4.50. The predicted molar refractivity (Wildman–Crippen MR) is 78.0 cm³/mol. The van der Waals surface area contributed by atoms with E-state index < -0.39 is 0 Å². The van der Waals surface area contributed by atoms with Gasteiger partial charge in [0.25, 0.3) is 5.91 Å². The molecule has 1 aliphatic rings. The number of benzene rings is 1. The molecule has 2 nitrogen and oxygen atoms in total. The number of halogens is 1. The van der Waals surface area contributed by atoms with Crippen molar-refractivity contribution in [2.75, 3.05) is 6.54 Å². The van der Waals surface area contributed by atoms with Crippen LogP contribution in [0.1, 0.15) is 48.5 Å².